The van der Waals surface area contributed by atoms with Gasteiger partial charge in [0.05, 0.1) is 17.1 Å². The molecule has 2 N–H and O–H groups in total. The zero-order chi connectivity index (χ0) is 12.8. The molecule has 0 radical (unpaired) electrons. The first-order chi connectivity index (χ1) is 7.74. The number of aryl methyl sites for hydroxylation is 1. The average Bonchev–Trinajstić information content (AvgIpc) is 2.68. The molecular formula is C12H21BN2O2. The van der Waals surface area contributed by atoms with Crippen LogP contribution in [0.4, 0.5) is 0 Å². The molecule has 0 aromatic carbocycles. The molecule has 1 aliphatic heterocycles. The molecule has 0 bridgehead atoms. The molecule has 0 aliphatic carbocycles. The molecule has 1 saturated heterocycles. The fourth-order valence-electron chi connectivity index (χ4n) is 2.00. The predicted octanol–water partition coefficient (Wildman–Crippen LogP) is 1.66. The molecule has 94 valence electrons. The maximum absolute atomic E-state index is 6.22. The van der Waals surface area contributed by atoms with Gasteiger partial charge in [0.25, 0.3) is 0 Å². The molecule has 4 nitrogen and oxygen atoms in total. The number of nitrogens with two attached hydrogens (primary N) is 1. The Hall–Kier alpha value is -0.775. The van der Waals surface area contributed by atoms with E-state index in [-0.39, 0.29) is 17.1 Å². The van der Waals surface area contributed by atoms with Gasteiger partial charge in [0, 0.05) is 18.9 Å². The Morgan fingerprint density at radius 2 is 1.76 bits per heavy atom. The second kappa shape index (κ2) is 3.87. The third-order valence-electron chi connectivity index (χ3n) is 3.89. The Morgan fingerprint density at radius 3 is 2.18 bits per heavy atom. The molecule has 1 aromatic rings. The van der Waals surface area contributed by atoms with Crippen LogP contribution in [0.15, 0.2) is 18.3 Å². The first-order valence-corrected chi connectivity index (χ1v) is 5.97. The number of hydrogen-bond donors (Lipinski definition) is 1. The summed E-state index contributed by atoms with van der Waals surface area (Å²) in [5.74, 6) is -0.268. The number of hydrogen-bond acceptors (Lipinski definition) is 3. The van der Waals surface area contributed by atoms with E-state index < -0.39 is 7.12 Å². The SMILES string of the molecule is Cn1cccc1[C@H](N)B1OC(C)(C)C(C)(C)O1. The molecule has 17 heavy (non-hydrogen) atoms. The van der Waals surface area contributed by atoms with Crippen molar-refractivity contribution in [3.63, 3.8) is 0 Å². The lowest BCUT2D eigenvalue weighted by atomic mass is 9.77. The van der Waals surface area contributed by atoms with Crippen molar-refractivity contribution in [2.45, 2.75) is 44.8 Å². The molecule has 0 spiro atoms. The highest BCUT2D eigenvalue weighted by Gasteiger charge is 2.53. The maximum atomic E-state index is 6.22. The largest absolute Gasteiger partial charge is 0.482 e. The zero-order valence-electron chi connectivity index (χ0n) is 11.2. The minimum atomic E-state index is -0.395. The van der Waals surface area contributed by atoms with E-state index in [2.05, 4.69) is 0 Å². The van der Waals surface area contributed by atoms with Gasteiger partial charge in [-0.1, -0.05) is 0 Å². The van der Waals surface area contributed by atoms with Crippen LogP contribution < -0.4 is 5.73 Å². The quantitative estimate of drug-likeness (QED) is 0.794. The Bertz CT molecular complexity index is 398. The van der Waals surface area contributed by atoms with Crippen molar-refractivity contribution in [1.29, 1.82) is 0 Å². The average molecular weight is 236 g/mol. The predicted molar refractivity (Wildman–Crippen MR) is 68.4 cm³/mol. The molecule has 2 heterocycles. The summed E-state index contributed by atoms with van der Waals surface area (Å²) in [6, 6.07) is 3.97. The van der Waals surface area contributed by atoms with Crippen LogP contribution in [-0.4, -0.2) is 22.9 Å². The first-order valence-electron chi connectivity index (χ1n) is 5.97. The number of nitrogens with zero attached hydrogens (tertiary/aromatic N) is 1. The minimum absolute atomic E-state index is 0.268. The third-order valence-corrected chi connectivity index (χ3v) is 3.89. The van der Waals surface area contributed by atoms with E-state index in [9.17, 15) is 0 Å². The van der Waals surface area contributed by atoms with Crippen molar-refractivity contribution >= 4 is 7.12 Å². The second-order valence-electron chi connectivity index (χ2n) is 5.69. The van der Waals surface area contributed by atoms with Gasteiger partial charge in [0.2, 0.25) is 0 Å². The van der Waals surface area contributed by atoms with Gasteiger partial charge in [0.15, 0.2) is 0 Å². The molecule has 5 heteroatoms. The van der Waals surface area contributed by atoms with Gasteiger partial charge in [-0.15, -0.1) is 0 Å². The monoisotopic (exact) mass is 236 g/mol. The van der Waals surface area contributed by atoms with Crippen LogP contribution in [0.1, 0.15) is 39.3 Å². The van der Waals surface area contributed by atoms with Crippen LogP contribution in [0.3, 0.4) is 0 Å². The lowest BCUT2D eigenvalue weighted by Crippen LogP contribution is -2.41. The highest BCUT2D eigenvalue weighted by Crippen LogP contribution is 2.39. The second-order valence-corrected chi connectivity index (χ2v) is 5.69. The molecule has 1 aliphatic rings. The van der Waals surface area contributed by atoms with Crippen molar-refractivity contribution in [2.24, 2.45) is 12.8 Å². The van der Waals surface area contributed by atoms with Crippen LogP contribution in [0.25, 0.3) is 0 Å². The van der Waals surface area contributed by atoms with Gasteiger partial charge >= 0.3 is 7.12 Å². The van der Waals surface area contributed by atoms with E-state index in [1.54, 1.807) is 0 Å². The van der Waals surface area contributed by atoms with E-state index in [0.717, 1.165) is 5.69 Å². The van der Waals surface area contributed by atoms with E-state index in [1.807, 2.05) is 57.6 Å². The summed E-state index contributed by atoms with van der Waals surface area (Å²) in [6.07, 6.45) is 1.97. The van der Waals surface area contributed by atoms with Gasteiger partial charge in [-0.2, -0.15) is 0 Å². The minimum Gasteiger partial charge on any atom is -0.402 e. The molecule has 0 unspecified atom stereocenters. The Kier molecular flexibility index (Phi) is 2.88. The zero-order valence-corrected chi connectivity index (χ0v) is 11.2. The van der Waals surface area contributed by atoms with Crippen molar-refractivity contribution in [1.82, 2.24) is 4.57 Å². The molecule has 1 atom stereocenters. The fourth-order valence-corrected chi connectivity index (χ4v) is 2.00. The topological polar surface area (TPSA) is 49.4 Å². The first kappa shape index (κ1) is 12.7. The lowest BCUT2D eigenvalue weighted by Gasteiger charge is -2.32. The Balaban J connectivity index is 2.19. The van der Waals surface area contributed by atoms with Crippen molar-refractivity contribution < 1.29 is 9.31 Å². The molecule has 0 saturated carbocycles. The third kappa shape index (κ3) is 2.03. The van der Waals surface area contributed by atoms with Crippen molar-refractivity contribution in [3.05, 3.63) is 24.0 Å². The van der Waals surface area contributed by atoms with E-state index in [1.165, 1.54) is 0 Å². The van der Waals surface area contributed by atoms with E-state index in [0.29, 0.717) is 0 Å². The highest BCUT2D eigenvalue weighted by molar-refractivity contribution is 6.47. The standard InChI is InChI=1S/C12H21BN2O2/c1-11(2)12(3,4)17-13(16-11)10(14)9-7-6-8-15(9)5/h6-8,10H,14H2,1-5H3/t10-/m0/s1. The van der Waals surface area contributed by atoms with Gasteiger partial charge < -0.3 is 19.6 Å². The number of aromatic nitrogens is 1. The fraction of sp³-hybridized carbons (Fsp3) is 0.667. The van der Waals surface area contributed by atoms with E-state index >= 15 is 0 Å². The molecular weight excluding hydrogens is 215 g/mol. The van der Waals surface area contributed by atoms with E-state index in [4.69, 9.17) is 15.0 Å². The molecule has 1 aromatic heterocycles. The summed E-state index contributed by atoms with van der Waals surface area (Å²) < 4.78 is 13.9. The van der Waals surface area contributed by atoms with Crippen LogP contribution >= 0.6 is 0 Å². The van der Waals surface area contributed by atoms with Crippen LogP contribution in [0, 0.1) is 0 Å². The van der Waals surface area contributed by atoms with Crippen molar-refractivity contribution in [2.75, 3.05) is 0 Å². The van der Waals surface area contributed by atoms with Crippen LogP contribution in [0.5, 0.6) is 0 Å². The summed E-state index contributed by atoms with van der Waals surface area (Å²) in [5.41, 5.74) is 6.57. The summed E-state index contributed by atoms with van der Waals surface area (Å²) >= 11 is 0. The van der Waals surface area contributed by atoms with Crippen LogP contribution in [-0.2, 0) is 16.4 Å². The van der Waals surface area contributed by atoms with Gasteiger partial charge in [0.1, 0.15) is 0 Å². The van der Waals surface area contributed by atoms with Crippen LogP contribution in [0.2, 0.25) is 0 Å². The maximum Gasteiger partial charge on any atom is 0.482 e. The van der Waals surface area contributed by atoms with Gasteiger partial charge in [-0.25, -0.2) is 0 Å². The summed E-state index contributed by atoms with van der Waals surface area (Å²) in [6.45, 7) is 8.13. The van der Waals surface area contributed by atoms with Gasteiger partial charge in [-0.3, -0.25) is 0 Å². The van der Waals surface area contributed by atoms with Gasteiger partial charge in [-0.05, 0) is 39.8 Å². The Labute approximate surface area is 103 Å². The number of rotatable bonds is 2. The van der Waals surface area contributed by atoms with Crippen molar-refractivity contribution in [3.8, 4) is 0 Å². The summed E-state index contributed by atoms with van der Waals surface area (Å²) in [5, 5.41) is 0. The Morgan fingerprint density at radius 1 is 1.24 bits per heavy atom. The normalized spacial score (nSPS) is 24.0. The molecule has 2 rings (SSSR count). The molecule has 0 amide bonds. The lowest BCUT2D eigenvalue weighted by molar-refractivity contribution is 0.00578. The summed E-state index contributed by atoms with van der Waals surface area (Å²) in [7, 11) is 1.58. The summed E-state index contributed by atoms with van der Waals surface area (Å²) in [4.78, 5) is 0. The molecule has 1 fully saturated rings. The highest BCUT2D eigenvalue weighted by atomic mass is 16.7. The smallest absolute Gasteiger partial charge is 0.402 e.